The number of amides is 7. The summed E-state index contributed by atoms with van der Waals surface area (Å²) in [4.78, 5) is 92.4. The molecule has 22 nitrogen and oxygen atoms in total. The number of hydrogen-bond acceptors (Lipinski definition) is 12. The first-order valence-electron chi connectivity index (χ1n) is 22.0. The maximum atomic E-state index is 14.4. The maximum Gasteiger partial charge on any atom is 0.337 e. The first-order chi connectivity index (χ1) is 32.8. The van der Waals surface area contributed by atoms with Gasteiger partial charge in [0.25, 0.3) is 5.91 Å². The lowest BCUT2D eigenvalue weighted by Gasteiger charge is -2.28. The smallest absolute Gasteiger partial charge is 0.337 e. The van der Waals surface area contributed by atoms with E-state index in [1.54, 1.807) is 80.3 Å². The van der Waals surface area contributed by atoms with Gasteiger partial charge in [-0.3, -0.25) is 29.4 Å². The number of imidazole rings is 1. The van der Waals surface area contributed by atoms with Crippen molar-refractivity contribution in [1.29, 1.82) is 0 Å². The average Bonchev–Trinajstić information content (AvgIpc) is 4.13. The van der Waals surface area contributed by atoms with Crippen molar-refractivity contribution in [3.05, 3.63) is 126 Å². The van der Waals surface area contributed by atoms with E-state index in [0.717, 1.165) is 21.5 Å². The molecule has 0 aliphatic rings. The van der Waals surface area contributed by atoms with E-state index in [4.69, 9.17) is 21.9 Å². The third kappa shape index (κ3) is 13.7. The van der Waals surface area contributed by atoms with Crippen LogP contribution in [0.15, 0.2) is 104 Å². The minimum atomic E-state index is -1.30. The summed E-state index contributed by atoms with van der Waals surface area (Å²) < 4.78 is 6.72. The van der Waals surface area contributed by atoms with Crippen LogP contribution in [0.3, 0.4) is 0 Å². The van der Waals surface area contributed by atoms with Gasteiger partial charge < -0.3 is 53.2 Å². The number of ether oxygens (including phenoxy) is 1. The number of para-hydroxylation sites is 1. The molecule has 0 saturated carbocycles. The van der Waals surface area contributed by atoms with Crippen LogP contribution in [0.5, 0.6) is 5.75 Å². The number of aromatic nitrogens is 6. The summed E-state index contributed by atoms with van der Waals surface area (Å²) in [6.45, 7) is 1.41. The zero-order valence-corrected chi connectivity index (χ0v) is 37.7. The topological polar surface area (TPSA) is 328 Å². The van der Waals surface area contributed by atoms with Crippen LogP contribution < -0.4 is 48.6 Å². The van der Waals surface area contributed by atoms with E-state index < -0.39 is 65.8 Å². The second-order valence-electron chi connectivity index (χ2n) is 16.1. The summed E-state index contributed by atoms with van der Waals surface area (Å²) in [5, 5.41) is 20.9. The number of nitrogens with two attached hydrogens (primary N) is 3. The predicted octanol–water partition coefficient (Wildman–Crippen LogP) is 0.536. The largest absolute Gasteiger partial charge is 0.497 e. The van der Waals surface area contributed by atoms with E-state index in [0.29, 0.717) is 42.1 Å². The van der Waals surface area contributed by atoms with Gasteiger partial charge in [0, 0.05) is 48.3 Å². The number of fused-ring (bicyclic) bond motifs is 1. The average molecular weight is 932 g/mol. The number of primary amides is 1. The van der Waals surface area contributed by atoms with Crippen molar-refractivity contribution in [2.75, 3.05) is 13.7 Å². The first-order valence-corrected chi connectivity index (χ1v) is 22.0. The highest BCUT2D eigenvalue weighted by Crippen LogP contribution is 2.20. The summed E-state index contributed by atoms with van der Waals surface area (Å²) in [5.74, 6) is -3.02. The van der Waals surface area contributed by atoms with Crippen molar-refractivity contribution in [2.24, 2.45) is 17.2 Å². The molecule has 0 unspecified atom stereocenters. The van der Waals surface area contributed by atoms with Crippen molar-refractivity contribution >= 4 is 46.5 Å². The summed E-state index contributed by atoms with van der Waals surface area (Å²) >= 11 is 0. The molecule has 22 heteroatoms. The Morgan fingerprint density at radius 3 is 2.21 bits per heavy atom. The lowest BCUT2D eigenvalue weighted by atomic mass is 10.0. The fourth-order valence-electron chi connectivity index (χ4n) is 7.24. The van der Waals surface area contributed by atoms with E-state index in [-0.39, 0.29) is 37.9 Å². The van der Waals surface area contributed by atoms with Crippen molar-refractivity contribution in [3.63, 3.8) is 0 Å². The van der Waals surface area contributed by atoms with Gasteiger partial charge >= 0.3 is 6.03 Å². The van der Waals surface area contributed by atoms with Crippen LogP contribution >= 0.6 is 0 Å². The number of hydrazine groups is 1. The Kier molecular flexibility index (Phi) is 17.3. The highest BCUT2D eigenvalue weighted by molar-refractivity contribution is 5.95. The van der Waals surface area contributed by atoms with Gasteiger partial charge in [-0.15, -0.1) is 5.10 Å². The van der Waals surface area contributed by atoms with Crippen molar-refractivity contribution in [2.45, 2.75) is 82.2 Å². The van der Waals surface area contributed by atoms with Gasteiger partial charge in [0.1, 0.15) is 35.6 Å². The van der Waals surface area contributed by atoms with Crippen molar-refractivity contribution in [3.8, 4) is 11.4 Å². The molecule has 0 spiro atoms. The molecule has 0 aliphatic carbocycles. The molecular weight excluding hydrogens is 875 g/mol. The fourth-order valence-corrected chi connectivity index (χ4v) is 7.24. The van der Waals surface area contributed by atoms with Crippen LogP contribution in [0.25, 0.3) is 16.6 Å². The van der Waals surface area contributed by atoms with Gasteiger partial charge in [0.05, 0.1) is 37.9 Å². The van der Waals surface area contributed by atoms with Crippen LogP contribution in [0, 0.1) is 0 Å². The molecule has 13 N–H and O–H groups in total. The Bertz CT molecular complexity index is 2620. The Labute approximate surface area is 391 Å². The van der Waals surface area contributed by atoms with Crippen molar-refractivity contribution in [1.82, 2.24) is 61.6 Å². The van der Waals surface area contributed by atoms with E-state index in [1.165, 1.54) is 17.9 Å². The third-order valence-corrected chi connectivity index (χ3v) is 11.0. The molecule has 0 bridgehead atoms. The lowest BCUT2D eigenvalue weighted by molar-refractivity contribution is -0.133. The predicted molar refractivity (Wildman–Crippen MR) is 250 cm³/mol. The van der Waals surface area contributed by atoms with Gasteiger partial charge in [-0.25, -0.2) is 19.5 Å². The van der Waals surface area contributed by atoms with Gasteiger partial charge in [-0.05, 0) is 74.2 Å². The number of nitrogens with zero attached hydrogens (tertiary/aromatic N) is 5. The van der Waals surface area contributed by atoms with Gasteiger partial charge in [-0.1, -0.05) is 53.7 Å². The molecule has 3 aromatic heterocycles. The van der Waals surface area contributed by atoms with Gasteiger partial charge in [0.15, 0.2) is 0 Å². The van der Waals surface area contributed by atoms with Crippen LogP contribution in [-0.4, -0.2) is 114 Å². The third-order valence-electron chi connectivity index (χ3n) is 11.0. The second-order valence-corrected chi connectivity index (χ2v) is 16.1. The van der Waals surface area contributed by atoms with E-state index in [1.807, 2.05) is 24.3 Å². The van der Waals surface area contributed by atoms with E-state index in [2.05, 4.69) is 52.0 Å². The Morgan fingerprint density at radius 2 is 1.50 bits per heavy atom. The Morgan fingerprint density at radius 1 is 0.794 bits per heavy atom. The van der Waals surface area contributed by atoms with Gasteiger partial charge in [0.2, 0.25) is 23.6 Å². The molecule has 3 heterocycles. The highest BCUT2D eigenvalue weighted by atomic mass is 16.5. The summed E-state index contributed by atoms with van der Waals surface area (Å²) in [5.41, 5.74) is 23.8. The zero-order chi connectivity index (χ0) is 48.6. The number of urea groups is 1. The quantitative estimate of drug-likeness (QED) is 0.0311. The van der Waals surface area contributed by atoms with Gasteiger partial charge in [-0.2, -0.15) is 0 Å². The van der Waals surface area contributed by atoms with E-state index >= 15 is 0 Å². The monoisotopic (exact) mass is 931 g/mol. The van der Waals surface area contributed by atoms with Crippen LogP contribution in [0.2, 0.25) is 0 Å². The minimum absolute atomic E-state index is 0.0102. The molecule has 0 aliphatic heterocycles. The van der Waals surface area contributed by atoms with Crippen LogP contribution in [0.1, 0.15) is 48.7 Å². The number of aromatic amines is 2. The molecule has 358 valence electrons. The number of unbranched alkanes of at least 4 members (excludes halogenated alkanes) is 1. The molecular formula is C46H57N15O7. The fraction of sp³-hybridized carbons (Fsp3) is 0.326. The molecule has 6 rings (SSSR count). The Hall–Kier alpha value is -8.11. The summed E-state index contributed by atoms with van der Waals surface area (Å²) in [6, 6.07) is 16.5. The Balaban J connectivity index is 1.23. The van der Waals surface area contributed by atoms with Crippen LogP contribution in [-0.2, 0) is 49.8 Å². The molecule has 0 radical (unpaired) electrons. The molecule has 0 fully saturated rings. The first kappa shape index (κ1) is 49.3. The summed E-state index contributed by atoms with van der Waals surface area (Å²) in [6.07, 6.45) is 7.76. The number of methoxy groups -OCH3 is 1. The normalized spacial score (nSPS) is 13.3. The zero-order valence-electron chi connectivity index (χ0n) is 37.7. The number of benzene rings is 3. The molecule has 68 heavy (non-hydrogen) atoms. The number of rotatable bonds is 23. The lowest BCUT2D eigenvalue weighted by Crippen LogP contribution is -2.60. The molecule has 3 aromatic carbocycles. The highest BCUT2D eigenvalue weighted by Gasteiger charge is 2.32. The molecule has 7 amide bonds. The standard InChI is InChI=1S/C46H57N15O7/c1-28(53-44(65)40(21-30-23-51-37-13-7-6-12-35(30)37)55-43(64)36(48)22-31-24-50-27-52-31)42(63)58-61(26-32-25-60(59-57-32)33-15-17-34(68-2)18-16-33)46(67)56-39(20-29-10-4-3-5-11-29)45(66)54-38(41(49)62)14-8-9-19-47/h3-7,10-13,15-18,23-25,27-28,36,38-40,51H,8-9,14,19-22,26,47-48H2,1-2H3,(H2,49,62)(H,50,52)(H,53,65)(H,54,66)(H,55,64)(H,56,67)(H,58,63)/t28-,36-,38-,39+,40+/m0/s1. The number of carbonyl (C=O) groups is 6. The second kappa shape index (κ2) is 23.9. The SMILES string of the molecule is COc1ccc(-n2cc(CN(NC(=O)[C@H](C)NC(=O)[C@@H](Cc3c[nH]c4ccccc34)NC(=O)[C@@H](N)Cc3cnc[nH]3)C(=O)N[C@H](Cc3ccccc3)C(=O)N[C@@H](CCCCN)C(N)=O)nn2)cc1. The van der Waals surface area contributed by atoms with E-state index in [9.17, 15) is 28.8 Å². The minimum Gasteiger partial charge on any atom is -0.497 e. The molecule has 5 atom stereocenters. The van der Waals surface area contributed by atoms with Crippen LogP contribution in [0.4, 0.5) is 4.79 Å². The number of H-pyrrole nitrogens is 2. The number of nitrogens with one attached hydrogen (secondary N) is 7. The molecule has 6 aromatic rings. The molecule has 0 saturated heterocycles. The maximum absolute atomic E-state index is 14.4. The number of hydrogen-bond donors (Lipinski definition) is 10. The number of carbonyl (C=O) groups excluding carboxylic acids is 6. The van der Waals surface area contributed by atoms with Crippen molar-refractivity contribution < 1.29 is 33.5 Å². The summed E-state index contributed by atoms with van der Waals surface area (Å²) in [7, 11) is 1.54.